The Bertz CT molecular complexity index is 1570. The first-order valence-corrected chi connectivity index (χ1v) is 14.8. The van der Waals surface area contributed by atoms with Crippen molar-refractivity contribution < 1.29 is 19.0 Å². The SMILES string of the molecule is COc1cccc(NC(=O)N(CCC(c2ccccc2)c2ccccc2)Cc2ccc(OCc3ccccc3)c(OC)c2)c1. The number of amides is 2. The zero-order chi connectivity index (χ0) is 30.6. The highest BCUT2D eigenvalue weighted by atomic mass is 16.5. The van der Waals surface area contributed by atoms with Crippen molar-refractivity contribution in [1.82, 2.24) is 4.90 Å². The highest BCUT2D eigenvalue weighted by molar-refractivity contribution is 5.89. The average Bonchev–Trinajstić information content (AvgIpc) is 3.08. The summed E-state index contributed by atoms with van der Waals surface area (Å²) < 4.78 is 17.1. The summed E-state index contributed by atoms with van der Waals surface area (Å²) in [5.74, 6) is 2.09. The van der Waals surface area contributed by atoms with Gasteiger partial charge in [-0.05, 0) is 52.9 Å². The van der Waals surface area contributed by atoms with Crippen LogP contribution in [-0.4, -0.2) is 31.7 Å². The Kier molecular flexibility index (Phi) is 10.5. The Labute approximate surface area is 259 Å². The summed E-state index contributed by atoms with van der Waals surface area (Å²) in [6.45, 7) is 1.35. The highest BCUT2D eigenvalue weighted by Gasteiger charge is 2.20. The molecule has 0 saturated heterocycles. The molecule has 0 heterocycles. The molecular formula is C38H38N2O4. The minimum absolute atomic E-state index is 0.132. The van der Waals surface area contributed by atoms with Crippen LogP contribution >= 0.6 is 0 Å². The fraction of sp³-hybridized carbons (Fsp3) is 0.184. The van der Waals surface area contributed by atoms with Gasteiger partial charge in [0.05, 0.1) is 14.2 Å². The van der Waals surface area contributed by atoms with E-state index in [2.05, 4.69) is 53.8 Å². The predicted octanol–water partition coefficient (Wildman–Crippen LogP) is 8.54. The van der Waals surface area contributed by atoms with Crippen molar-refractivity contribution in [2.75, 3.05) is 26.1 Å². The molecule has 0 aromatic heterocycles. The molecule has 2 amide bonds. The van der Waals surface area contributed by atoms with Crippen molar-refractivity contribution in [3.05, 3.63) is 156 Å². The second-order valence-corrected chi connectivity index (χ2v) is 10.5. The van der Waals surface area contributed by atoms with Gasteiger partial charge >= 0.3 is 6.03 Å². The molecule has 0 unspecified atom stereocenters. The van der Waals surface area contributed by atoms with Gasteiger partial charge in [-0.25, -0.2) is 4.79 Å². The van der Waals surface area contributed by atoms with E-state index in [1.807, 2.05) is 89.8 Å². The summed E-state index contributed by atoms with van der Waals surface area (Å²) in [6.07, 6.45) is 0.745. The van der Waals surface area contributed by atoms with Crippen molar-refractivity contribution in [3.63, 3.8) is 0 Å². The van der Waals surface area contributed by atoms with E-state index in [9.17, 15) is 4.79 Å². The molecule has 5 rings (SSSR count). The molecule has 0 bridgehead atoms. The van der Waals surface area contributed by atoms with E-state index in [0.717, 1.165) is 17.5 Å². The third kappa shape index (κ3) is 8.19. The number of hydrogen-bond acceptors (Lipinski definition) is 4. The first kappa shape index (κ1) is 30.2. The topological polar surface area (TPSA) is 60.0 Å². The second-order valence-electron chi connectivity index (χ2n) is 10.5. The fourth-order valence-electron chi connectivity index (χ4n) is 5.22. The molecule has 5 aromatic carbocycles. The summed E-state index contributed by atoms with van der Waals surface area (Å²) >= 11 is 0. The molecule has 1 N–H and O–H groups in total. The largest absolute Gasteiger partial charge is 0.497 e. The van der Waals surface area contributed by atoms with Crippen LogP contribution in [0.5, 0.6) is 17.2 Å². The fourth-order valence-corrected chi connectivity index (χ4v) is 5.22. The van der Waals surface area contributed by atoms with Crippen LogP contribution in [0, 0.1) is 0 Å². The molecule has 224 valence electrons. The molecule has 5 aromatic rings. The number of ether oxygens (including phenoxy) is 3. The average molecular weight is 587 g/mol. The van der Waals surface area contributed by atoms with E-state index in [-0.39, 0.29) is 11.9 Å². The number of carbonyl (C=O) groups is 1. The maximum absolute atomic E-state index is 13.8. The third-order valence-electron chi connectivity index (χ3n) is 7.54. The van der Waals surface area contributed by atoms with Crippen LogP contribution in [0.15, 0.2) is 133 Å². The lowest BCUT2D eigenvalue weighted by Gasteiger charge is -2.27. The zero-order valence-corrected chi connectivity index (χ0v) is 25.2. The molecule has 0 aliphatic heterocycles. The van der Waals surface area contributed by atoms with E-state index in [0.29, 0.717) is 42.6 Å². The van der Waals surface area contributed by atoms with Crippen LogP contribution in [0.25, 0.3) is 0 Å². The van der Waals surface area contributed by atoms with Crippen molar-refractivity contribution in [3.8, 4) is 17.2 Å². The van der Waals surface area contributed by atoms with E-state index in [4.69, 9.17) is 14.2 Å². The van der Waals surface area contributed by atoms with Crippen molar-refractivity contribution >= 4 is 11.7 Å². The number of hydrogen-bond donors (Lipinski definition) is 1. The van der Waals surface area contributed by atoms with Gasteiger partial charge in [0, 0.05) is 30.8 Å². The van der Waals surface area contributed by atoms with E-state index < -0.39 is 0 Å². The summed E-state index contributed by atoms with van der Waals surface area (Å²) in [5.41, 5.74) is 5.11. The van der Waals surface area contributed by atoms with Gasteiger partial charge in [0.1, 0.15) is 12.4 Å². The first-order valence-electron chi connectivity index (χ1n) is 14.8. The van der Waals surface area contributed by atoms with Gasteiger partial charge < -0.3 is 24.4 Å². The summed E-state index contributed by atoms with van der Waals surface area (Å²) in [5, 5.41) is 3.07. The molecule has 0 spiro atoms. The summed E-state index contributed by atoms with van der Waals surface area (Å²) in [7, 11) is 3.24. The zero-order valence-electron chi connectivity index (χ0n) is 25.2. The van der Waals surface area contributed by atoms with Crippen LogP contribution in [-0.2, 0) is 13.2 Å². The minimum Gasteiger partial charge on any atom is -0.497 e. The maximum Gasteiger partial charge on any atom is 0.322 e. The molecule has 0 saturated carbocycles. The van der Waals surface area contributed by atoms with Gasteiger partial charge in [-0.3, -0.25) is 0 Å². The Hall–Kier alpha value is -5.23. The lowest BCUT2D eigenvalue weighted by atomic mass is 9.88. The first-order chi connectivity index (χ1) is 21.6. The third-order valence-corrected chi connectivity index (χ3v) is 7.54. The molecular weight excluding hydrogens is 548 g/mol. The number of anilines is 1. The van der Waals surface area contributed by atoms with Crippen LogP contribution in [0.3, 0.4) is 0 Å². The van der Waals surface area contributed by atoms with E-state index in [1.54, 1.807) is 14.2 Å². The van der Waals surface area contributed by atoms with Crippen LogP contribution in [0.1, 0.15) is 34.6 Å². The number of benzene rings is 5. The van der Waals surface area contributed by atoms with E-state index in [1.165, 1.54) is 11.1 Å². The number of carbonyl (C=O) groups excluding carboxylic acids is 1. The monoisotopic (exact) mass is 586 g/mol. The van der Waals surface area contributed by atoms with E-state index >= 15 is 0 Å². The van der Waals surface area contributed by atoms with Gasteiger partial charge in [-0.1, -0.05) is 103 Å². The number of methoxy groups -OCH3 is 2. The quantitative estimate of drug-likeness (QED) is 0.150. The summed E-state index contributed by atoms with van der Waals surface area (Å²) in [6, 6.07) is 43.9. The predicted molar refractivity (Wildman–Crippen MR) is 176 cm³/mol. The molecule has 0 atom stereocenters. The number of nitrogens with zero attached hydrogens (tertiary/aromatic N) is 1. The van der Waals surface area contributed by atoms with Gasteiger partial charge in [-0.2, -0.15) is 0 Å². The van der Waals surface area contributed by atoms with Crippen LogP contribution in [0.4, 0.5) is 10.5 Å². The Morgan fingerprint density at radius 3 is 1.98 bits per heavy atom. The molecule has 6 nitrogen and oxygen atoms in total. The number of nitrogens with one attached hydrogen (secondary N) is 1. The highest BCUT2D eigenvalue weighted by Crippen LogP contribution is 2.31. The molecule has 6 heteroatoms. The maximum atomic E-state index is 13.8. The minimum atomic E-state index is -0.193. The van der Waals surface area contributed by atoms with Gasteiger partial charge in [-0.15, -0.1) is 0 Å². The lowest BCUT2D eigenvalue weighted by molar-refractivity contribution is 0.207. The normalized spacial score (nSPS) is 10.7. The van der Waals surface area contributed by atoms with Crippen LogP contribution in [0.2, 0.25) is 0 Å². The Balaban J connectivity index is 1.37. The Morgan fingerprint density at radius 2 is 1.34 bits per heavy atom. The van der Waals surface area contributed by atoms with Gasteiger partial charge in [0.25, 0.3) is 0 Å². The Morgan fingerprint density at radius 1 is 0.682 bits per heavy atom. The molecule has 0 radical (unpaired) electrons. The smallest absolute Gasteiger partial charge is 0.322 e. The van der Waals surface area contributed by atoms with Crippen molar-refractivity contribution in [2.45, 2.75) is 25.5 Å². The molecule has 44 heavy (non-hydrogen) atoms. The van der Waals surface area contributed by atoms with Gasteiger partial charge in [0.2, 0.25) is 0 Å². The number of rotatable bonds is 13. The molecule has 0 fully saturated rings. The molecule has 0 aliphatic rings. The van der Waals surface area contributed by atoms with Gasteiger partial charge in [0.15, 0.2) is 11.5 Å². The van der Waals surface area contributed by atoms with Crippen LogP contribution < -0.4 is 19.5 Å². The standard InChI is InChI=1S/C38H38N2O4/c1-42-34-20-12-19-33(26-34)39-38(41)40(24-23-35(31-15-8-4-9-16-31)32-17-10-5-11-18-32)27-30-21-22-36(37(25-30)43-2)44-28-29-13-6-3-7-14-29/h3-22,25-26,35H,23-24,27-28H2,1-2H3,(H,39,41). The van der Waals surface area contributed by atoms with Crippen molar-refractivity contribution in [2.24, 2.45) is 0 Å². The number of urea groups is 1. The van der Waals surface area contributed by atoms with Crippen molar-refractivity contribution in [1.29, 1.82) is 0 Å². The second kappa shape index (κ2) is 15.3. The lowest BCUT2D eigenvalue weighted by Crippen LogP contribution is -2.36. The molecule has 0 aliphatic carbocycles. The summed E-state index contributed by atoms with van der Waals surface area (Å²) in [4.78, 5) is 15.6.